The van der Waals surface area contributed by atoms with Crippen LogP contribution < -0.4 is 10.5 Å². The highest BCUT2D eigenvalue weighted by Crippen LogP contribution is 2.29. The molecule has 0 bridgehead atoms. The predicted molar refractivity (Wildman–Crippen MR) is 81.2 cm³/mol. The zero-order chi connectivity index (χ0) is 13.7. The first kappa shape index (κ1) is 14.2. The molecule has 0 heterocycles. The van der Waals surface area contributed by atoms with E-state index in [2.05, 4.69) is 15.9 Å². The quantitative estimate of drug-likeness (QED) is 0.499. The van der Waals surface area contributed by atoms with Crippen LogP contribution in [0.15, 0.2) is 51.8 Å². The van der Waals surface area contributed by atoms with Gasteiger partial charge in [0.2, 0.25) is 0 Å². The minimum atomic E-state index is -0.257. The Balaban J connectivity index is 1.79. The summed E-state index contributed by atoms with van der Waals surface area (Å²) in [5, 5.41) is 0. The van der Waals surface area contributed by atoms with E-state index in [1.54, 1.807) is 23.9 Å². The summed E-state index contributed by atoms with van der Waals surface area (Å²) in [6, 6.07) is 11.7. The van der Waals surface area contributed by atoms with E-state index < -0.39 is 0 Å². The zero-order valence-electron chi connectivity index (χ0n) is 10.1. The highest BCUT2D eigenvalue weighted by molar-refractivity contribution is 9.10. The van der Waals surface area contributed by atoms with Gasteiger partial charge in [-0.25, -0.2) is 4.39 Å². The third kappa shape index (κ3) is 4.44. The highest BCUT2D eigenvalue weighted by Gasteiger charge is 2.01. The monoisotopic (exact) mass is 341 g/mol. The lowest BCUT2D eigenvalue weighted by Crippen LogP contribution is -2.00. The molecule has 0 atom stereocenters. The molecule has 2 rings (SSSR count). The molecule has 0 aliphatic rings. The van der Waals surface area contributed by atoms with Crippen LogP contribution in [0, 0.1) is 5.82 Å². The average molecular weight is 342 g/mol. The average Bonchev–Trinajstić information content (AvgIpc) is 2.39. The molecule has 2 N–H and O–H groups in total. The minimum absolute atomic E-state index is 0.257. The summed E-state index contributed by atoms with van der Waals surface area (Å²) in [6.45, 7) is 0.563. The summed E-state index contributed by atoms with van der Waals surface area (Å²) >= 11 is 5.15. The Hall–Kier alpha value is -1.20. The fourth-order valence-corrected chi connectivity index (χ4v) is 2.96. The van der Waals surface area contributed by atoms with Gasteiger partial charge in [0.1, 0.15) is 11.6 Å². The van der Waals surface area contributed by atoms with E-state index in [1.165, 1.54) is 12.1 Å². The molecule has 0 fully saturated rings. The van der Waals surface area contributed by atoms with Crippen LogP contribution in [-0.2, 0) is 0 Å². The fourth-order valence-electron chi connectivity index (χ4n) is 1.48. The van der Waals surface area contributed by atoms with Crippen molar-refractivity contribution in [3.63, 3.8) is 0 Å². The van der Waals surface area contributed by atoms with Crippen LogP contribution in [0.2, 0.25) is 0 Å². The summed E-state index contributed by atoms with van der Waals surface area (Å²) in [7, 11) is 0. The zero-order valence-corrected chi connectivity index (χ0v) is 12.5. The van der Waals surface area contributed by atoms with Gasteiger partial charge in [0.25, 0.3) is 0 Å². The molecule has 100 valence electrons. The molecule has 0 saturated carbocycles. The maximum absolute atomic E-state index is 12.7. The molecule has 5 heteroatoms. The van der Waals surface area contributed by atoms with E-state index in [0.29, 0.717) is 12.4 Å². The van der Waals surface area contributed by atoms with Crippen LogP contribution in [0.25, 0.3) is 0 Å². The number of benzene rings is 2. The van der Waals surface area contributed by atoms with Gasteiger partial charge in [0.15, 0.2) is 0 Å². The smallest absolute Gasteiger partial charge is 0.123 e. The van der Waals surface area contributed by atoms with Crippen LogP contribution in [0.4, 0.5) is 10.1 Å². The molecule has 19 heavy (non-hydrogen) atoms. The van der Waals surface area contributed by atoms with Gasteiger partial charge in [0, 0.05) is 20.8 Å². The number of hydrogen-bond acceptors (Lipinski definition) is 3. The third-order valence-electron chi connectivity index (χ3n) is 2.38. The van der Waals surface area contributed by atoms with Crippen molar-refractivity contribution in [1.29, 1.82) is 0 Å². The van der Waals surface area contributed by atoms with Gasteiger partial charge in [-0.2, -0.15) is 0 Å². The summed E-state index contributed by atoms with van der Waals surface area (Å²) in [5.74, 6) is 1.23. The molecule has 0 saturated heterocycles. The second-order valence-electron chi connectivity index (χ2n) is 3.84. The molecule has 2 aromatic carbocycles. The summed E-state index contributed by atoms with van der Waals surface area (Å²) in [5.41, 5.74) is 6.41. The number of anilines is 1. The summed E-state index contributed by atoms with van der Waals surface area (Å²) in [6.07, 6.45) is 0. The van der Waals surface area contributed by atoms with Gasteiger partial charge in [-0.1, -0.05) is 0 Å². The number of nitrogens with two attached hydrogens (primary N) is 1. The summed E-state index contributed by atoms with van der Waals surface area (Å²) < 4.78 is 19.2. The van der Waals surface area contributed by atoms with E-state index in [4.69, 9.17) is 10.5 Å². The fraction of sp³-hybridized carbons (Fsp3) is 0.143. The van der Waals surface area contributed by atoms with Gasteiger partial charge >= 0.3 is 0 Å². The number of rotatable bonds is 5. The van der Waals surface area contributed by atoms with Gasteiger partial charge in [-0.3, -0.25) is 0 Å². The second kappa shape index (κ2) is 6.82. The lowest BCUT2D eigenvalue weighted by molar-refractivity contribution is 0.343. The molecular formula is C14H13BrFNOS. The molecule has 0 amide bonds. The van der Waals surface area contributed by atoms with Crippen LogP contribution in [-0.4, -0.2) is 12.4 Å². The number of ether oxygens (including phenoxy) is 1. The van der Waals surface area contributed by atoms with Crippen molar-refractivity contribution in [3.8, 4) is 5.75 Å². The van der Waals surface area contributed by atoms with Crippen molar-refractivity contribution in [2.45, 2.75) is 4.90 Å². The number of thioether (sulfide) groups is 1. The van der Waals surface area contributed by atoms with Crippen molar-refractivity contribution in [3.05, 3.63) is 52.8 Å². The molecule has 2 nitrogen and oxygen atoms in total. The predicted octanol–water partition coefficient (Wildman–Crippen LogP) is 4.34. The third-order valence-corrected chi connectivity index (χ3v) is 4.34. The maximum atomic E-state index is 12.7. The van der Waals surface area contributed by atoms with Crippen LogP contribution in [0.5, 0.6) is 5.75 Å². The molecule has 2 aromatic rings. The highest BCUT2D eigenvalue weighted by atomic mass is 79.9. The Kier molecular flexibility index (Phi) is 5.10. The SMILES string of the molecule is Nc1ccc(SCCOc2ccc(F)cc2)c(Br)c1. The Labute approximate surface area is 124 Å². The Morgan fingerprint density at radius 1 is 1.16 bits per heavy atom. The van der Waals surface area contributed by atoms with E-state index in [-0.39, 0.29) is 5.82 Å². The molecule has 0 aliphatic heterocycles. The van der Waals surface area contributed by atoms with Crippen LogP contribution >= 0.6 is 27.7 Å². The van der Waals surface area contributed by atoms with E-state index in [1.807, 2.05) is 18.2 Å². The number of halogens is 2. The molecule has 0 radical (unpaired) electrons. The lowest BCUT2D eigenvalue weighted by Gasteiger charge is -2.07. The van der Waals surface area contributed by atoms with Crippen LogP contribution in [0.1, 0.15) is 0 Å². The molecule has 0 aromatic heterocycles. The Morgan fingerprint density at radius 3 is 2.58 bits per heavy atom. The summed E-state index contributed by atoms with van der Waals surface area (Å²) in [4.78, 5) is 1.12. The largest absolute Gasteiger partial charge is 0.493 e. The van der Waals surface area contributed by atoms with Crippen molar-refractivity contribution < 1.29 is 9.13 Å². The molecule has 0 aliphatic carbocycles. The minimum Gasteiger partial charge on any atom is -0.493 e. The van der Waals surface area contributed by atoms with Crippen molar-refractivity contribution >= 4 is 33.4 Å². The second-order valence-corrected chi connectivity index (χ2v) is 5.83. The van der Waals surface area contributed by atoms with E-state index >= 15 is 0 Å². The first-order chi connectivity index (χ1) is 9.15. The molecule has 0 unspecified atom stereocenters. The van der Waals surface area contributed by atoms with Gasteiger partial charge in [0.05, 0.1) is 6.61 Å². The Morgan fingerprint density at radius 2 is 1.89 bits per heavy atom. The Bertz CT molecular complexity index is 548. The van der Waals surface area contributed by atoms with Gasteiger partial charge in [-0.05, 0) is 58.4 Å². The van der Waals surface area contributed by atoms with Gasteiger partial charge in [-0.15, -0.1) is 11.8 Å². The van der Waals surface area contributed by atoms with E-state index in [0.717, 1.165) is 20.8 Å². The van der Waals surface area contributed by atoms with E-state index in [9.17, 15) is 4.39 Å². The number of hydrogen-bond donors (Lipinski definition) is 1. The lowest BCUT2D eigenvalue weighted by atomic mass is 10.3. The number of nitrogen functional groups attached to an aromatic ring is 1. The van der Waals surface area contributed by atoms with Crippen molar-refractivity contribution in [2.75, 3.05) is 18.1 Å². The first-order valence-electron chi connectivity index (χ1n) is 5.71. The molecule has 0 spiro atoms. The van der Waals surface area contributed by atoms with Crippen molar-refractivity contribution in [1.82, 2.24) is 0 Å². The molecular weight excluding hydrogens is 329 g/mol. The standard InChI is InChI=1S/C14H13BrFNOS/c15-13-9-11(17)3-6-14(13)19-8-7-18-12-4-1-10(16)2-5-12/h1-6,9H,7-8,17H2. The van der Waals surface area contributed by atoms with Crippen LogP contribution in [0.3, 0.4) is 0 Å². The maximum Gasteiger partial charge on any atom is 0.123 e. The first-order valence-corrected chi connectivity index (χ1v) is 7.49. The van der Waals surface area contributed by atoms with Crippen molar-refractivity contribution in [2.24, 2.45) is 0 Å². The van der Waals surface area contributed by atoms with Gasteiger partial charge < -0.3 is 10.5 Å². The topological polar surface area (TPSA) is 35.2 Å². The normalized spacial score (nSPS) is 10.4.